The molecule has 1 aliphatic heterocycles. The van der Waals surface area contributed by atoms with Crippen LogP contribution in [0.4, 0.5) is 5.69 Å². The lowest BCUT2D eigenvalue weighted by molar-refractivity contribution is -0.121. The number of para-hydroxylation sites is 1. The molecule has 1 saturated heterocycles. The lowest BCUT2D eigenvalue weighted by Crippen LogP contribution is -2.32. The number of imide groups is 1. The number of hydrogen-bond acceptors (Lipinski definition) is 4. The van der Waals surface area contributed by atoms with Gasteiger partial charge in [-0.05, 0) is 18.1 Å². The van der Waals surface area contributed by atoms with E-state index in [9.17, 15) is 9.59 Å². The standard InChI is InChI=1S/C14H18N2O2S/c1-2-10-5-3-4-6-11(10)16-13(17)9-12(14(16)18)19-8-7-15/h3-6,12H,2,7-9,15H2,1H3. The summed E-state index contributed by atoms with van der Waals surface area (Å²) in [6.45, 7) is 2.54. The number of benzene rings is 1. The number of nitrogens with zero attached hydrogens (tertiary/aromatic N) is 1. The molecule has 1 aromatic carbocycles. The van der Waals surface area contributed by atoms with Crippen LogP contribution < -0.4 is 10.6 Å². The molecule has 0 spiro atoms. The molecule has 0 aliphatic carbocycles. The first-order valence-corrected chi connectivity index (χ1v) is 7.50. The van der Waals surface area contributed by atoms with Crippen LogP contribution in [0.25, 0.3) is 0 Å². The SMILES string of the molecule is CCc1ccccc1N1C(=O)CC(SCCN)C1=O. The summed E-state index contributed by atoms with van der Waals surface area (Å²) >= 11 is 1.47. The maximum absolute atomic E-state index is 12.3. The lowest BCUT2D eigenvalue weighted by atomic mass is 10.1. The van der Waals surface area contributed by atoms with Crippen molar-refractivity contribution in [3.8, 4) is 0 Å². The van der Waals surface area contributed by atoms with Gasteiger partial charge < -0.3 is 5.73 Å². The van der Waals surface area contributed by atoms with E-state index in [1.165, 1.54) is 16.7 Å². The third kappa shape index (κ3) is 2.82. The van der Waals surface area contributed by atoms with Crippen molar-refractivity contribution in [1.82, 2.24) is 0 Å². The van der Waals surface area contributed by atoms with E-state index in [2.05, 4.69) is 0 Å². The first-order chi connectivity index (χ1) is 9.19. The third-order valence-corrected chi connectivity index (χ3v) is 4.40. The van der Waals surface area contributed by atoms with Crippen molar-refractivity contribution < 1.29 is 9.59 Å². The molecule has 2 amide bonds. The fraction of sp³-hybridized carbons (Fsp3) is 0.429. The summed E-state index contributed by atoms with van der Waals surface area (Å²) in [6.07, 6.45) is 1.08. The van der Waals surface area contributed by atoms with Gasteiger partial charge in [-0.15, -0.1) is 11.8 Å². The number of aryl methyl sites for hydroxylation is 1. The summed E-state index contributed by atoms with van der Waals surface area (Å²) in [7, 11) is 0. The van der Waals surface area contributed by atoms with Crippen molar-refractivity contribution in [2.24, 2.45) is 5.73 Å². The second-order valence-electron chi connectivity index (χ2n) is 4.40. The molecule has 0 radical (unpaired) electrons. The Bertz CT molecular complexity index is 490. The van der Waals surface area contributed by atoms with Crippen LogP contribution in [0.5, 0.6) is 0 Å². The molecule has 102 valence electrons. The van der Waals surface area contributed by atoms with Gasteiger partial charge in [-0.2, -0.15) is 0 Å². The molecule has 5 heteroatoms. The maximum Gasteiger partial charge on any atom is 0.247 e. The number of nitrogens with two attached hydrogens (primary N) is 1. The predicted octanol–water partition coefficient (Wildman–Crippen LogP) is 1.57. The zero-order chi connectivity index (χ0) is 13.8. The topological polar surface area (TPSA) is 63.4 Å². The van der Waals surface area contributed by atoms with Gasteiger partial charge in [-0.3, -0.25) is 9.59 Å². The van der Waals surface area contributed by atoms with Crippen molar-refractivity contribution in [2.45, 2.75) is 25.0 Å². The van der Waals surface area contributed by atoms with E-state index in [1.807, 2.05) is 31.2 Å². The summed E-state index contributed by atoms with van der Waals surface area (Å²) in [4.78, 5) is 25.8. The van der Waals surface area contributed by atoms with E-state index in [-0.39, 0.29) is 23.5 Å². The predicted molar refractivity (Wildman–Crippen MR) is 78.2 cm³/mol. The van der Waals surface area contributed by atoms with E-state index >= 15 is 0 Å². The number of anilines is 1. The van der Waals surface area contributed by atoms with E-state index in [0.717, 1.165) is 17.7 Å². The van der Waals surface area contributed by atoms with Gasteiger partial charge in [0, 0.05) is 18.7 Å². The van der Waals surface area contributed by atoms with Crippen molar-refractivity contribution in [1.29, 1.82) is 0 Å². The number of carbonyl (C=O) groups is 2. The molecule has 1 fully saturated rings. The Morgan fingerprint density at radius 3 is 2.79 bits per heavy atom. The van der Waals surface area contributed by atoms with Crippen molar-refractivity contribution in [2.75, 3.05) is 17.2 Å². The Morgan fingerprint density at radius 2 is 2.11 bits per heavy atom. The highest BCUT2D eigenvalue weighted by Crippen LogP contribution is 2.31. The molecule has 0 aromatic heterocycles. The molecule has 0 saturated carbocycles. The minimum Gasteiger partial charge on any atom is -0.330 e. The number of amides is 2. The van der Waals surface area contributed by atoms with Crippen LogP contribution in [-0.2, 0) is 16.0 Å². The molecule has 4 nitrogen and oxygen atoms in total. The largest absolute Gasteiger partial charge is 0.330 e. The first-order valence-electron chi connectivity index (χ1n) is 6.45. The van der Waals surface area contributed by atoms with Gasteiger partial charge in [0.2, 0.25) is 11.8 Å². The molecule has 1 aromatic rings. The molecule has 0 bridgehead atoms. The molecule has 2 N–H and O–H groups in total. The van der Waals surface area contributed by atoms with Crippen molar-refractivity contribution in [3.63, 3.8) is 0 Å². The van der Waals surface area contributed by atoms with Crippen LogP contribution in [0.3, 0.4) is 0 Å². The summed E-state index contributed by atoms with van der Waals surface area (Å²) < 4.78 is 0. The van der Waals surface area contributed by atoms with Crippen molar-refractivity contribution >= 4 is 29.3 Å². The van der Waals surface area contributed by atoms with E-state index in [4.69, 9.17) is 5.73 Å². The van der Waals surface area contributed by atoms with Crippen molar-refractivity contribution in [3.05, 3.63) is 29.8 Å². The van der Waals surface area contributed by atoms with Gasteiger partial charge in [0.05, 0.1) is 10.9 Å². The monoisotopic (exact) mass is 278 g/mol. The quantitative estimate of drug-likeness (QED) is 0.830. The smallest absolute Gasteiger partial charge is 0.247 e. The molecular formula is C14H18N2O2S. The molecule has 1 atom stereocenters. The van der Waals surface area contributed by atoms with Gasteiger partial charge >= 0.3 is 0 Å². The molecule has 19 heavy (non-hydrogen) atoms. The van der Waals surface area contributed by atoms with Gasteiger partial charge in [-0.1, -0.05) is 25.1 Å². The van der Waals surface area contributed by atoms with Gasteiger partial charge in [0.1, 0.15) is 0 Å². The van der Waals surface area contributed by atoms with E-state index < -0.39 is 0 Å². The average Bonchev–Trinajstić information content (AvgIpc) is 2.71. The number of rotatable bonds is 5. The molecule has 1 aliphatic rings. The van der Waals surface area contributed by atoms with Gasteiger partial charge in [-0.25, -0.2) is 4.90 Å². The van der Waals surface area contributed by atoms with Gasteiger partial charge in [0.25, 0.3) is 0 Å². The van der Waals surface area contributed by atoms with E-state index in [1.54, 1.807) is 0 Å². The van der Waals surface area contributed by atoms with Crippen LogP contribution in [-0.4, -0.2) is 29.4 Å². The number of hydrogen-bond donors (Lipinski definition) is 1. The van der Waals surface area contributed by atoms with Crippen LogP contribution >= 0.6 is 11.8 Å². The van der Waals surface area contributed by atoms with E-state index in [0.29, 0.717) is 12.3 Å². The fourth-order valence-electron chi connectivity index (χ4n) is 2.23. The minimum atomic E-state index is -0.277. The summed E-state index contributed by atoms with van der Waals surface area (Å²) in [5.74, 6) is 0.484. The summed E-state index contributed by atoms with van der Waals surface area (Å²) in [5.41, 5.74) is 7.20. The summed E-state index contributed by atoms with van der Waals surface area (Å²) in [6, 6.07) is 7.57. The molecule has 1 unspecified atom stereocenters. The Hall–Kier alpha value is -1.33. The van der Waals surface area contributed by atoms with Gasteiger partial charge in [0.15, 0.2) is 0 Å². The average molecular weight is 278 g/mol. The zero-order valence-electron chi connectivity index (χ0n) is 11.0. The third-order valence-electron chi connectivity index (χ3n) is 3.16. The Balaban J connectivity index is 2.25. The highest BCUT2D eigenvalue weighted by molar-refractivity contribution is 8.00. The fourth-order valence-corrected chi connectivity index (χ4v) is 3.15. The second-order valence-corrected chi connectivity index (χ2v) is 5.71. The maximum atomic E-state index is 12.3. The normalized spacial score (nSPS) is 19.3. The first kappa shape index (κ1) is 14.1. The second kappa shape index (κ2) is 6.21. The number of thioether (sulfide) groups is 1. The molecular weight excluding hydrogens is 260 g/mol. The minimum absolute atomic E-state index is 0.107. The van der Waals surface area contributed by atoms with Crippen LogP contribution in [0.2, 0.25) is 0 Å². The number of carbonyl (C=O) groups excluding carboxylic acids is 2. The molecule has 1 heterocycles. The highest BCUT2D eigenvalue weighted by Gasteiger charge is 2.40. The summed E-state index contributed by atoms with van der Waals surface area (Å²) in [5, 5.41) is -0.277. The van der Waals surface area contributed by atoms with Crippen LogP contribution in [0, 0.1) is 0 Å². The Kier molecular flexibility index (Phi) is 4.61. The lowest BCUT2D eigenvalue weighted by Gasteiger charge is -2.18. The Morgan fingerprint density at radius 1 is 1.37 bits per heavy atom. The van der Waals surface area contributed by atoms with Crippen LogP contribution in [0.15, 0.2) is 24.3 Å². The zero-order valence-corrected chi connectivity index (χ0v) is 11.8. The molecule has 2 rings (SSSR count). The Labute approximate surface area is 117 Å². The highest BCUT2D eigenvalue weighted by atomic mass is 32.2. The van der Waals surface area contributed by atoms with Crippen LogP contribution in [0.1, 0.15) is 18.9 Å².